The van der Waals surface area contributed by atoms with Gasteiger partial charge in [-0.3, -0.25) is 14.9 Å². The zero-order chi connectivity index (χ0) is 14.1. The van der Waals surface area contributed by atoms with Gasteiger partial charge in [-0.1, -0.05) is 0 Å². The van der Waals surface area contributed by atoms with Gasteiger partial charge in [0.2, 0.25) is 6.04 Å². The van der Waals surface area contributed by atoms with Gasteiger partial charge in [-0.05, 0) is 11.4 Å². The molecule has 0 bridgehead atoms. The monoisotopic (exact) mass is 310 g/mol. The average Bonchev–Trinajstić information content (AvgIpc) is 2.86. The van der Waals surface area contributed by atoms with Crippen molar-refractivity contribution < 1.29 is 14.5 Å². The summed E-state index contributed by atoms with van der Waals surface area (Å²) >= 11 is 3.08. The summed E-state index contributed by atoms with van der Waals surface area (Å²) in [5, 5.41) is 17.2. The molecule has 1 aliphatic carbocycles. The van der Waals surface area contributed by atoms with Crippen molar-refractivity contribution in [2.24, 2.45) is 5.92 Å². The second-order valence-corrected chi connectivity index (χ2v) is 6.10. The quantitative estimate of drug-likeness (QED) is 0.481. The molecular weight excluding hydrogens is 300 g/mol. The molecule has 0 amide bonds. The van der Waals surface area contributed by atoms with Gasteiger partial charge in [-0.15, -0.1) is 11.3 Å². The molecule has 1 aliphatic rings. The zero-order valence-electron chi connectivity index (χ0n) is 10.2. The number of carbonyl (C=O) groups excluding carboxylic acids is 1. The average molecular weight is 310 g/mol. The maximum Gasteiger partial charge on any atom is 0.316 e. The summed E-state index contributed by atoms with van der Waals surface area (Å²) in [6.45, 7) is 0.0698. The summed E-state index contributed by atoms with van der Waals surface area (Å²) in [5.74, 6) is -1.09. The first-order valence-corrected chi connectivity index (χ1v) is 7.74. The highest BCUT2D eigenvalue weighted by Gasteiger charge is 2.54. The maximum atomic E-state index is 11.6. The Labute approximate surface area is 122 Å². The Bertz CT molecular complexity index is 638. The minimum atomic E-state index is -0.765. The first kappa shape index (κ1) is 13.2. The van der Waals surface area contributed by atoms with E-state index in [0.717, 1.165) is 10.6 Å². The van der Waals surface area contributed by atoms with Crippen LogP contribution >= 0.6 is 22.7 Å². The van der Waals surface area contributed by atoms with E-state index < -0.39 is 22.9 Å². The highest BCUT2D eigenvalue weighted by atomic mass is 32.1. The molecule has 1 saturated carbocycles. The lowest BCUT2D eigenvalue weighted by Gasteiger charge is -2.00. The number of esters is 1. The standard InChI is InChI=1S/C12H10N2O4S2/c15-12(9-3-10(9)14(16)17)18-4-8-6-20-11(13-8)7-1-2-19-5-7/h1-2,5-6,9-10H,3-4H2. The van der Waals surface area contributed by atoms with Crippen molar-refractivity contribution in [3.05, 3.63) is 38.0 Å². The number of carbonyl (C=O) groups is 1. The van der Waals surface area contributed by atoms with E-state index >= 15 is 0 Å². The molecule has 2 heterocycles. The second-order valence-electron chi connectivity index (χ2n) is 4.46. The van der Waals surface area contributed by atoms with E-state index in [1.165, 1.54) is 11.3 Å². The number of aromatic nitrogens is 1. The lowest BCUT2D eigenvalue weighted by molar-refractivity contribution is -0.497. The largest absolute Gasteiger partial charge is 0.459 e. The minimum absolute atomic E-state index is 0.0698. The molecule has 0 spiro atoms. The van der Waals surface area contributed by atoms with Crippen molar-refractivity contribution in [2.75, 3.05) is 0 Å². The predicted molar refractivity (Wildman–Crippen MR) is 74.1 cm³/mol. The van der Waals surface area contributed by atoms with Gasteiger partial charge in [0.05, 0.1) is 5.69 Å². The number of thiophene rings is 1. The number of ether oxygens (including phenoxy) is 1. The highest BCUT2D eigenvalue weighted by Crippen LogP contribution is 2.34. The van der Waals surface area contributed by atoms with Crippen molar-refractivity contribution >= 4 is 28.6 Å². The lowest BCUT2D eigenvalue weighted by Crippen LogP contribution is -2.13. The summed E-state index contributed by atoms with van der Waals surface area (Å²) in [5.41, 5.74) is 1.72. The highest BCUT2D eigenvalue weighted by molar-refractivity contribution is 7.14. The van der Waals surface area contributed by atoms with E-state index in [-0.39, 0.29) is 13.0 Å². The van der Waals surface area contributed by atoms with E-state index in [9.17, 15) is 14.9 Å². The van der Waals surface area contributed by atoms with Crippen LogP contribution in [-0.4, -0.2) is 21.9 Å². The molecule has 2 unspecified atom stereocenters. The number of thiazole rings is 1. The molecule has 2 aromatic heterocycles. The third-order valence-corrected chi connectivity index (χ3v) is 4.64. The summed E-state index contributed by atoms with van der Waals surface area (Å²) < 4.78 is 5.07. The fraction of sp³-hybridized carbons (Fsp3) is 0.333. The fourth-order valence-electron chi connectivity index (χ4n) is 1.81. The van der Waals surface area contributed by atoms with Crippen LogP contribution in [0.4, 0.5) is 0 Å². The number of nitro groups is 1. The SMILES string of the molecule is O=C(OCc1csc(-c2ccsc2)n1)C1CC1[N+](=O)[O-]. The van der Waals surface area contributed by atoms with Gasteiger partial charge in [0, 0.05) is 27.7 Å². The van der Waals surface area contributed by atoms with Gasteiger partial charge in [0.15, 0.2) is 0 Å². The Morgan fingerprint density at radius 2 is 2.40 bits per heavy atom. The van der Waals surface area contributed by atoms with Crippen LogP contribution in [0.25, 0.3) is 10.6 Å². The van der Waals surface area contributed by atoms with Gasteiger partial charge in [-0.2, -0.15) is 11.3 Å². The Hall–Kier alpha value is -1.80. The lowest BCUT2D eigenvalue weighted by atomic mass is 10.3. The summed E-state index contributed by atoms with van der Waals surface area (Å²) in [6.07, 6.45) is 0.281. The Morgan fingerprint density at radius 3 is 3.05 bits per heavy atom. The number of rotatable bonds is 5. The van der Waals surface area contributed by atoms with Gasteiger partial charge < -0.3 is 4.74 Å². The van der Waals surface area contributed by atoms with Crippen molar-refractivity contribution in [3.8, 4) is 10.6 Å². The molecule has 0 N–H and O–H groups in total. The topological polar surface area (TPSA) is 82.3 Å². The van der Waals surface area contributed by atoms with E-state index in [1.54, 1.807) is 11.3 Å². The van der Waals surface area contributed by atoms with Crippen LogP contribution < -0.4 is 0 Å². The molecule has 6 nitrogen and oxygen atoms in total. The third kappa shape index (κ3) is 2.70. The number of nitrogens with zero attached hydrogens (tertiary/aromatic N) is 2. The maximum absolute atomic E-state index is 11.6. The predicted octanol–water partition coefficient (Wildman–Crippen LogP) is 2.58. The molecule has 1 fully saturated rings. The molecule has 104 valence electrons. The van der Waals surface area contributed by atoms with Crippen LogP contribution in [0.5, 0.6) is 0 Å². The van der Waals surface area contributed by atoms with Gasteiger partial charge in [0.1, 0.15) is 17.5 Å². The van der Waals surface area contributed by atoms with Crippen LogP contribution in [0.15, 0.2) is 22.2 Å². The molecule has 0 aromatic carbocycles. The van der Waals surface area contributed by atoms with Crippen LogP contribution in [0, 0.1) is 16.0 Å². The smallest absolute Gasteiger partial charge is 0.316 e. The van der Waals surface area contributed by atoms with Crippen LogP contribution in [0.1, 0.15) is 12.1 Å². The first-order valence-electron chi connectivity index (χ1n) is 5.92. The molecule has 0 saturated heterocycles. The van der Waals surface area contributed by atoms with Gasteiger partial charge >= 0.3 is 5.97 Å². The summed E-state index contributed by atoms with van der Waals surface area (Å²) in [4.78, 5) is 26.0. The van der Waals surface area contributed by atoms with Crippen LogP contribution in [0.2, 0.25) is 0 Å². The van der Waals surface area contributed by atoms with Crippen molar-refractivity contribution in [1.82, 2.24) is 4.98 Å². The summed E-state index contributed by atoms with van der Waals surface area (Å²) in [6, 6.07) is 1.21. The summed E-state index contributed by atoms with van der Waals surface area (Å²) in [7, 11) is 0. The van der Waals surface area contributed by atoms with E-state index in [0.29, 0.717) is 5.69 Å². The van der Waals surface area contributed by atoms with Gasteiger partial charge in [0.25, 0.3) is 0 Å². The Balaban J connectivity index is 1.54. The molecule has 0 radical (unpaired) electrons. The fourth-order valence-corrected chi connectivity index (χ4v) is 3.33. The first-order chi connectivity index (χ1) is 9.65. The normalized spacial score (nSPS) is 20.6. The molecule has 3 rings (SSSR count). The van der Waals surface area contributed by atoms with E-state index in [2.05, 4.69) is 4.98 Å². The van der Waals surface area contributed by atoms with Crippen LogP contribution in [-0.2, 0) is 16.1 Å². The molecule has 2 aromatic rings. The molecule has 20 heavy (non-hydrogen) atoms. The van der Waals surface area contributed by atoms with E-state index in [1.807, 2.05) is 22.2 Å². The molecule has 8 heteroatoms. The van der Waals surface area contributed by atoms with E-state index in [4.69, 9.17) is 4.74 Å². The Kier molecular flexibility index (Phi) is 3.49. The van der Waals surface area contributed by atoms with Crippen LogP contribution in [0.3, 0.4) is 0 Å². The zero-order valence-corrected chi connectivity index (χ0v) is 11.9. The Morgan fingerprint density at radius 1 is 1.55 bits per heavy atom. The third-order valence-electron chi connectivity index (χ3n) is 3.01. The minimum Gasteiger partial charge on any atom is -0.459 e. The molecule has 2 atom stereocenters. The van der Waals surface area contributed by atoms with Crippen molar-refractivity contribution in [2.45, 2.75) is 19.1 Å². The second kappa shape index (κ2) is 5.29. The molecular formula is C12H10N2O4S2. The number of hydrogen-bond acceptors (Lipinski definition) is 7. The van der Waals surface area contributed by atoms with Crippen molar-refractivity contribution in [1.29, 1.82) is 0 Å². The van der Waals surface area contributed by atoms with Gasteiger partial charge in [-0.25, -0.2) is 4.98 Å². The molecule has 0 aliphatic heterocycles. The number of hydrogen-bond donors (Lipinski definition) is 0. The van der Waals surface area contributed by atoms with Crippen molar-refractivity contribution in [3.63, 3.8) is 0 Å².